The fourth-order valence-corrected chi connectivity index (χ4v) is 7.73. The fraction of sp³-hybridized carbons (Fsp3) is 0. The summed E-state index contributed by atoms with van der Waals surface area (Å²) in [5.74, 6) is 0. The molecule has 0 radical (unpaired) electrons. The van der Waals surface area contributed by atoms with Crippen molar-refractivity contribution in [3.05, 3.63) is 207 Å². The van der Waals surface area contributed by atoms with Crippen molar-refractivity contribution in [2.75, 3.05) is 4.90 Å². The Hall–Kier alpha value is -7.17. The van der Waals surface area contributed by atoms with E-state index in [1.807, 2.05) is 12.4 Å². The van der Waals surface area contributed by atoms with Crippen LogP contribution in [-0.4, -0.2) is 14.1 Å². The fourth-order valence-electron chi connectivity index (χ4n) is 7.73. The van der Waals surface area contributed by atoms with Gasteiger partial charge in [0.2, 0.25) is 0 Å². The first-order chi connectivity index (χ1) is 26.3. The standard InChI is InChI=1S/C49H34N4/c1-4-10-35(11-5-1)36-16-21-42(22-17-36)52(43-23-18-37(19-24-43)38-28-31-50-32-29-38)44-25-27-47-46(34-44)45-26-20-39-30-33-51(40-12-6-2-7-13-40)48(39)49(45)53(47)41-14-8-3-9-15-41/h1-34H. The molecule has 0 aliphatic rings. The van der Waals surface area contributed by atoms with Crippen LogP contribution in [0.3, 0.4) is 0 Å². The molecule has 0 fully saturated rings. The van der Waals surface area contributed by atoms with E-state index in [4.69, 9.17) is 0 Å². The van der Waals surface area contributed by atoms with E-state index in [-0.39, 0.29) is 0 Å². The van der Waals surface area contributed by atoms with Gasteiger partial charge in [0.1, 0.15) is 0 Å². The molecule has 0 unspecified atom stereocenters. The lowest BCUT2D eigenvalue weighted by Crippen LogP contribution is -2.10. The summed E-state index contributed by atoms with van der Waals surface area (Å²) in [6, 6.07) is 67.4. The molecule has 3 heterocycles. The lowest BCUT2D eigenvalue weighted by molar-refractivity contribution is 1.12. The van der Waals surface area contributed by atoms with Gasteiger partial charge in [0.05, 0.1) is 16.6 Å². The lowest BCUT2D eigenvalue weighted by atomic mass is 10.0. The summed E-state index contributed by atoms with van der Waals surface area (Å²) >= 11 is 0. The first kappa shape index (κ1) is 30.6. The third-order valence-corrected chi connectivity index (χ3v) is 10.2. The number of nitrogens with zero attached hydrogens (tertiary/aromatic N) is 4. The largest absolute Gasteiger partial charge is 0.315 e. The Morgan fingerprint density at radius 1 is 0.396 bits per heavy atom. The molecule has 0 aliphatic heterocycles. The SMILES string of the molecule is c1ccc(-c2ccc(N(c3ccc(-c4ccncc4)cc3)c3ccc4c(c3)c3ccc5ccn(-c6ccccc6)c5c3n4-c3ccccc3)cc2)cc1. The molecule has 4 heteroatoms. The predicted octanol–water partition coefficient (Wildman–Crippen LogP) is 12.9. The molecule has 4 nitrogen and oxygen atoms in total. The maximum Gasteiger partial charge on any atom is 0.0788 e. The van der Waals surface area contributed by atoms with E-state index in [2.05, 4.69) is 213 Å². The van der Waals surface area contributed by atoms with Crippen molar-refractivity contribution in [2.24, 2.45) is 0 Å². The predicted molar refractivity (Wildman–Crippen MR) is 221 cm³/mol. The Balaban J connectivity index is 1.19. The van der Waals surface area contributed by atoms with Gasteiger partial charge >= 0.3 is 0 Å². The average Bonchev–Trinajstić information content (AvgIpc) is 3.82. The van der Waals surface area contributed by atoms with Gasteiger partial charge in [0, 0.05) is 63.2 Å². The van der Waals surface area contributed by atoms with Gasteiger partial charge in [0.15, 0.2) is 0 Å². The third-order valence-electron chi connectivity index (χ3n) is 10.2. The number of fused-ring (bicyclic) bond motifs is 5. The maximum atomic E-state index is 4.21. The maximum absolute atomic E-state index is 4.21. The van der Waals surface area contributed by atoms with Crippen LogP contribution in [0.5, 0.6) is 0 Å². The van der Waals surface area contributed by atoms with Gasteiger partial charge in [-0.3, -0.25) is 4.98 Å². The van der Waals surface area contributed by atoms with E-state index in [1.165, 1.54) is 38.3 Å². The van der Waals surface area contributed by atoms with Crippen LogP contribution in [0, 0.1) is 0 Å². The number of anilines is 3. The molecule has 0 bridgehead atoms. The highest BCUT2D eigenvalue weighted by molar-refractivity contribution is 6.19. The van der Waals surface area contributed by atoms with E-state index in [0.29, 0.717) is 0 Å². The van der Waals surface area contributed by atoms with Crippen LogP contribution < -0.4 is 4.90 Å². The lowest BCUT2D eigenvalue weighted by Gasteiger charge is -2.26. The minimum atomic E-state index is 1.08. The van der Waals surface area contributed by atoms with E-state index in [1.54, 1.807) is 0 Å². The highest BCUT2D eigenvalue weighted by Crippen LogP contribution is 2.42. The monoisotopic (exact) mass is 678 g/mol. The van der Waals surface area contributed by atoms with E-state index in [9.17, 15) is 0 Å². The Morgan fingerprint density at radius 2 is 0.943 bits per heavy atom. The normalized spacial score (nSPS) is 11.4. The molecule has 0 saturated heterocycles. The van der Waals surface area contributed by atoms with Gasteiger partial charge in [-0.25, -0.2) is 0 Å². The second-order valence-electron chi connectivity index (χ2n) is 13.3. The van der Waals surface area contributed by atoms with Crippen molar-refractivity contribution in [3.63, 3.8) is 0 Å². The zero-order valence-corrected chi connectivity index (χ0v) is 28.9. The molecule has 0 saturated carbocycles. The van der Waals surface area contributed by atoms with Crippen LogP contribution in [0.1, 0.15) is 0 Å². The first-order valence-electron chi connectivity index (χ1n) is 18.0. The van der Waals surface area contributed by atoms with Gasteiger partial charge < -0.3 is 14.0 Å². The summed E-state index contributed by atoms with van der Waals surface area (Å²) in [5, 5.41) is 3.61. The summed E-state index contributed by atoms with van der Waals surface area (Å²) in [4.78, 5) is 6.58. The molecule has 0 aliphatic carbocycles. The van der Waals surface area contributed by atoms with Crippen molar-refractivity contribution in [3.8, 4) is 33.6 Å². The van der Waals surface area contributed by atoms with Crippen molar-refractivity contribution in [1.82, 2.24) is 14.1 Å². The minimum absolute atomic E-state index is 1.08. The molecule has 7 aromatic carbocycles. The number of benzene rings is 7. The highest BCUT2D eigenvalue weighted by atomic mass is 15.1. The summed E-state index contributed by atoms with van der Waals surface area (Å²) in [7, 11) is 0. The molecule has 10 rings (SSSR count). The van der Waals surface area contributed by atoms with Gasteiger partial charge in [-0.2, -0.15) is 0 Å². The van der Waals surface area contributed by atoms with Crippen LogP contribution in [0.15, 0.2) is 207 Å². The van der Waals surface area contributed by atoms with Crippen LogP contribution in [-0.2, 0) is 0 Å². The summed E-state index contributed by atoms with van der Waals surface area (Å²) in [6.45, 7) is 0. The quantitative estimate of drug-likeness (QED) is 0.168. The van der Waals surface area contributed by atoms with Gasteiger partial charge in [-0.05, 0) is 107 Å². The number of hydrogen-bond donors (Lipinski definition) is 0. The minimum Gasteiger partial charge on any atom is -0.315 e. The topological polar surface area (TPSA) is 26.0 Å². The number of para-hydroxylation sites is 2. The van der Waals surface area contributed by atoms with Gasteiger partial charge in [-0.15, -0.1) is 0 Å². The van der Waals surface area contributed by atoms with Crippen LogP contribution in [0.2, 0.25) is 0 Å². The molecule has 0 spiro atoms. The average molecular weight is 679 g/mol. The Kier molecular flexibility index (Phi) is 7.43. The molecule has 3 aromatic heterocycles. The zero-order valence-electron chi connectivity index (χ0n) is 28.9. The molecular weight excluding hydrogens is 645 g/mol. The molecule has 53 heavy (non-hydrogen) atoms. The van der Waals surface area contributed by atoms with Crippen LogP contribution in [0.4, 0.5) is 17.1 Å². The van der Waals surface area contributed by atoms with Crippen LogP contribution in [0.25, 0.3) is 66.3 Å². The highest BCUT2D eigenvalue weighted by Gasteiger charge is 2.21. The first-order valence-corrected chi connectivity index (χ1v) is 18.0. The molecule has 250 valence electrons. The summed E-state index contributed by atoms with van der Waals surface area (Å²) in [5.41, 5.74) is 13.8. The van der Waals surface area contributed by atoms with Crippen molar-refractivity contribution >= 4 is 49.8 Å². The Bertz CT molecular complexity index is 2760. The number of pyridine rings is 1. The van der Waals surface area contributed by atoms with Crippen LogP contribution >= 0.6 is 0 Å². The summed E-state index contributed by atoms with van der Waals surface area (Å²) < 4.78 is 4.75. The van der Waals surface area contributed by atoms with Gasteiger partial charge in [-0.1, -0.05) is 103 Å². The molecule has 0 atom stereocenters. The van der Waals surface area contributed by atoms with Gasteiger partial charge in [0.25, 0.3) is 0 Å². The van der Waals surface area contributed by atoms with E-state index >= 15 is 0 Å². The van der Waals surface area contributed by atoms with Crippen molar-refractivity contribution in [1.29, 1.82) is 0 Å². The molecule has 10 aromatic rings. The third kappa shape index (κ3) is 5.36. The molecule has 0 N–H and O–H groups in total. The number of hydrogen-bond acceptors (Lipinski definition) is 2. The second-order valence-corrected chi connectivity index (χ2v) is 13.3. The van der Waals surface area contributed by atoms with Crippen molar-refractivity contribution in [2.45, 2.75) is 0 Å². The zero-order chi connectivity index (χ0) is 35.1. The Morgan fingerprint density at radius 3 is 1.58 bits per heavy atom. The number of rotatable bonds is 7. The summed E-state index contributed by atoms with van der Waals surface area (Å²) in [6.07, 6.45) is 5.87. The number of aromatic nitrogens is 3. The van der Waals surface area contributed by atoms with E-state index < -0.39 is 0 Å². The smallest absolute Gasteiger partial charge is 0.0788 e. The van der Waals surface area contributed by atoms with E-state index in [0.717, 1.165) is 45.1 Å². The molecule has 0 amide bonds. The Labute approximate surface area is 308 Å². The second kappa shape index (κ2) is 12.9. The molecular formula is C49H34N4. The van der Waals surface area contributed by atoms with Crippen molar-refractivity contribution < 1.29 is 0 Å².